The minimum absolute atomic E-state index is 0.0992. The van der Waals surface area contributed by atoms with Gasteiger partial charge >= 0.3 is 5.69 Å². The van der Waals surface area contributed by atoms with Crippen LogP contribution in [-0.4, -0.2) is 28.5 Å². The van der Waals surface area contributed by atoms with E-state index >= 15 is 0 Å². The average Bonchev–Trinajstić information content (AvgIpc) is 2.86. The molecule has 2 aromatic rings. The quantitative estimate of drug-likeness (QED) is 0.357. The van der Waals surface area contributed by atoms with E-state index in [0.29, 0.717) is 0 Å². The molecule has 0 unspecified atom stereocenters. The van der Waals surface area contributed by atoms with E-state index in [1.165, 1.54) is 12.1 Å². The van der Waals surface area contributed by atoms with E-state index in [9.17, 15) is 29.8 Å². The lowest BCUT2D eigenvalue weighted by Crippen LogP contribution is -2.03. The van der Waals surface area contributed by atoms with Gasteiger partial charge in [0.15, 0.2) is 11.6 Å². The molecule has 26 heavy (non-hydrogen) atoms. The molecule has 0 atom stereocenters. The summed E-state index contributed by atoms with van der Waals surface area (Å²) in [6.45, 7) is 0. The smallest absolute Gasteiger partial charge is 0.318 e. The maximum absolute atomic E-state index is 12.5. The molecule has 1 aliphatic rings. The van der Waals surface area contributed by atoms with Crippen LogP contribution in [0.15, 0.2) is 42.0 Å². The molecule has 0 radical (unpaired) electrons. The summed E-state index contributed by atoms with van der Waals surface area (Å²) in [4.78, 5) is 45.5. The Bertz CT molecular complexity index is 987. The Morgan fingerprint density at radius 2 is 1.54 bits per heavy atom. The zero-order valence-corrected chi connectivity index (χ0v) is 13.3. The van der Waals surface area contributed by atoms with Crippen LogP contribution in [0.5, 0.6) is 5.75 Å². The van der Waals surface area contributed by atoms with Crippen LogP contribution < -0.4 is 4.74 Å². The molecule has 2 aromatic carbocycles. The van der Waals surface area contributed by atoms with Gasteiger partial charge in [0.25, 0.3) is 5.69 Å². The number of nitro benzene ring substituents is 2. The number of methoxy groups -OCH3 is 1. The monoisotopic (exact) mass is 354 g/mol. The van der Waals surface area contributed by atoms with Crippen molar-refractivity contribution in [3.8, 4) is 5.75 Å². The number of ketones is 2. The number of non-ortho nitro benzene ring substituents is 1. The van der Waals surface area contributed by atoms with Crippen LogP contribution in [0.1, 0.15) is 26.3 Å². The van der Waals surface area contributed by atoms with E-state index in [0.717, 1.165) is 25.3 Å². The maximum atomic E-state index is 12.5. The third kappa shape index (κ3) is 2.61. The first-order chi connectivity index (χ1) is 12.3. The number of benzene rings is 2. The van der Waals surface area contributed by atoms with Crippen molar-refractivity contribution in [1.82, 2.24) is 0 Å². The predicted octanol–water partition coefficient (Wildman–Crippen LogP) is 2.97. The number of carbonyl (C=O) groups is 2. The summed E-state index contributed by atoms with van der Waals surface area (Å²) in [5, 5.41) is 22.3. The molecule has 0 heterocycles. The Balaban J connectivity index is 2.23. The van der Waals surface area contributed by atoms with Gasteiger partial charge in [-0.2, -0.15) is 0 Å². The number of nitrogens with zero attached hydrogens (tertiary/aromatic N) is 2. The Labute approximate surface area is 145 Å². The Morgan fingerprint density at radius 3 is 2.00 bits per heavy atom. The maximum Gasteiger partial charge on any atom is 0.318 e. The van der Waals surface area contributed by atoms with Gasteiger partial charge in [0.05, 0.1) is 28.6 Å². The number of fused-ring (bicyclic) bond motifs is 1. The fraction of sp³-hybridized carbons (Fsp3) is 0.0588. The number of ether oxygens (including phenoxy) is 1. The molecule has 0 bridgehead atoms. The first-order valence-electron chi connectivity index (χ1n) is 7.26. The van der Waals surface area contributed by atoms with E-state index in [1.54, 1.807) is 12.1 Å². The van der Waals surface area contributed by atoms with Gasteiger partial charge in [-0.3, -0.25) is 29.8 Å². The van der Waals surface area contributed by atoms with Gasteiger partial charge in [0, 0.05) is 22.8 Å². The molecule has 0 fully saturated rings. The Kier molecular flexibility index (Phi) is 4.05. The van der Waals surface area contributed by atoms with Gasteiger partial charge in [-0.15, -0.1) is 0 Å². The molecule has 0 N–H and O–H groups in total. The Morgan fingerprint density at radius 1 is 0.962 bits per heavy atom. The van der Waals surface area contributed by atoms with Gasteiger partial charge < -0.3 is 4.74 Å². The fourth-order valence-corrected chi connectivity index (χ4v) is 2.75. The average molecular weight is 354 g/mol. The van der Waals surface area contributed by atoms with Crippen molar-refractivity contribution in [2.45, 2.75) is 0 Å². The normalized spacial score (nSPS) is 12.7. The third-order valence-electron chi connectivity index (χ3n) is 3.90. The molecule has 9 nitrogen and oxygen atoms in total. The molecule has 0 spiro atoms. The highest BCUT2D eigenvalue weighted by molar-refractivity contribution is 6.41. The number of allylic oxidation sites excluding steroid dienone is 1. The summed E-state index contributed by atoms with van der Waals surface area (Å²) in [5.74, 6) is -1.38. The zero-order chi connectivity index (χ0) is 19.0. The fourth-order valence-electron chi connectivity index (χ4n) is 2.75. The van der Waals surface area contributed by atoms with E-state index in [4.69, 9.17) is 4.74 Å². The van der Waals surface area contributed by atoms with Crippen molar-refractivity contribution in [3.63, 3.8) is 0 Å². The van der Waals surface area contributed by atoms with Crippen molar-refractivity contribution in [2.75, 3.05) is 7.11 Å². The molecule has 0 saturated carbocycles. The van der Waals surface area contributed by atoms with Crippen molar-refractivity contribution in [3.05, 3.63) is 78.9 Å². The summed E-state index contributed by atoms with van der Waals surface area (Å²) in [5.41, 5.74) is -1.11. The summed E-state index contributed by atoms with van der Waals surface area (Å²) in [7, 11) is 1.16. The minimum atomic E-state index is -0.832. The highest BCUT2D eigenvalue weighted by atomic mass is 16.6. The van der Waals surface area contributed by atoms with Crippen LogP contribution in [0.25, 0.3) is 6.08 Å². The van der Waals surface area contributed by atoms with E-state index in [2.05, 4.69) is 0 Å². The van der Waals surface area contributed by atoms with Crippen molar-refractivity contribution >= 4 is 29.0 Å². The lowest BCUT2D eigenvalue weighted by atomic mass is 10.0. The van der Waals surface area contributed by atoms with Crippen molar-refractivity contribution < 1.29 is 24.2 Å². The third-order valence-corrected chi connectivity index (χ3v) is 3.90. The number of rotatable bonds is 4. The van der Waals surface area contributed by atoms with Gasteiger partial charge in [-0.1, -0.05) is 24.3 Å². The second-order valence-corrected chi connectivity index (χ2v) is 5.36. The zero-order valence-electron chi connectivity index (χ0n) is 13.3. The molecule has 0 aromatic heterocycles. The number of carbonyl (C=O) groups excluding carboxylic acids is 2. The van der Waals surface area contributed by atoms with E-state index in [1.807, 2.05) is 0 Å². The van der Waals surface area contributed by atoms with Crippen LogP contribution >= 0.6 is 0 Å². The molecule has 1 aliphatic carbocycles. The molecule has 0 saturated heterocycles. The second-order valence-electron chi connectivity index (χ2n) is 5.36. The molecule has 130 valence electrons. The molecule has 0 amide bonds. The highest BCUT2D eigenvalue weighted by Gasteiger charge is 2.34. The second kappa shape index (κ2) is 6.20. The highest BCUT2D eigenvalue weighted by Crippen LogP contribution is 2.38. The lowest BCUT2D eigenvalue weighted by Gasteiger charge is -2.06. The number of Topliss-reactive ketones (excluding diaryl/α,β-unsaturated/α-hetero) is 2. The van der Waals surface area contributed by atoms with Crippen molar-refractivity contribution in [1.29, 1.82) is 0 Å². The van der Waals surface area contributed by atoms with Gasteiger partial charge in [0.1, 0.15) is 0 Å². The number of hydrogen-bond donors (Lipinski definition) is 0. The van der Waals surface area contributed by atoms with Crippen LogP contribution in [0, 0.1) is 20.2 Å². The Hall–Kier alpha value is -3.88. The first-order valence-corrected chi connectivity index (χ1v) is 7.26. The minimum Gasteiger partial charge on any atom is -0.490 e. The summed E-state index contributed by atoms with van der Waals surface area (Å²) < 4.78 is 5.00. The molecule has 9 heteroatoms. The molecule has 3 rings (SSSR count). The first kappa shape index (κ1) is 17.0. The molecule has 0 aliphatic heterocycles. The summed E-state index contributed by atoms with van der Waals surface area (Å²) >= 11 is 0. The number of hydrogen-bond acceptors (Lipinski definition) is 7. The topological polar surface area (TPSA) is 130 Å². The van der Waals surface area contributed by atoms with Crippen LogP contribution in [0.4, 0.5) is 11.4 Å². The van der Waals surface area contributed by atoms with E-state index in [-0.39, 0.29) is 28.0 Å². The van der Waals surface area contributed by atoms with Crippen LogP contribution in [-0.2, 0) is 0 Å². The molecular formula is C17H10N2O7. The largest absolute Gasteiger partial charge is 0.490 e. The van der Waals surface area contributed by atoms with Crippen LogP contribution in [0.2, 0.25) is 0 Å². The van der Waals surface area contributed by atoms with Gasteiger partial charge in [0.2, 0.25) is 5.75 Å². The summed E-state index contributed by atoms with van der Waals surface area (Å²) in [6.07, 6.45) is 1.09. The summed E-state index contributed by atoms with van der Waals surface area (Å²) in [6, 6.07) is 7.96. The van der Waals surface area contributed by atoms with Gasteiger partial charge in [-0.25, -0.2) is 0 Å². The van der Waals surface area contributed by atoms with Gasteiger partial charge in [-0.05, 0) is 6.08 Å². The van der Waals surface area contributed by atoms with Crippen molar-refractivity contribution in [2.24, 2.45) is 0 Å². The number of nitro groups is 2. The SMILES string of the molecule is COc1c(C=C2C(=O)c3ccccc3C2=O)cc([N+](=O)[O-])cc1[N+](=O)[O-]. The predicted molar refractivity (Wildman–Crippen MR) is 89.4 cm³/mol. The van der Waals surface area contributed by atoms with E-state index < -0.39 is 32.8 Å². The standard InChI is InChI=1S/C17H10N2O7/c1-26-17-9(6-10(18(22)23)8-14(17)19(24)25)7-13-15(20)11-4-2-3-5-12(11)16(13)21/h2-8H,1H3. The molecular weight excluding hydrogens is 344 g/mol. The van der Waals surface area contributed by atoms with Crippen LogP contribution in [0.3, 0.4) is 0 Å². The lowest BCUT2D eigenvalue weighted by molar-refractivity contribution is -0.394.